The van der Waals surface area contributed by atoms with Crippen molar-refractivity contribution in [1.82, 2.24) is 0 Å². The van der Waals surface area contributed by atoms with Gasteiger partial charge in [-0.15, -0.1) is 0 Å². The summed E-state index contributed by atoms with van der Waals surface area (Å²) in [6, 6.07) is 16.4. The maximum absolute atomic E-state index is 12.7. The standard InChI is InChI=1S/C18H20N2O/c1-13-7-9-15(10-8-13)12-20-17-6-4-3-5-16(17)19-11-14(2)18(20)21/h3-10,14,19H,11-12H2,1-2H3/t14-/m0/s1. The molecule has 0 radical (unpaired) electrons. The highest BCUT2D eigenvalue weighted by molar-refractivity contribution is 5.99. The molecule has 0 aliphatic carbocycles. The van der Waals surface area contributed by atoms with Gasteiger partial charge in [0.2, 0.25) is 5.91 Å². The molecule has 3 rings (SSSR count). The van der Waals surface area contributed by atoms with E-state index in [0.29, 0.717) is 13.1 Å². The Morgan fingerprint density at radius 2 is 1.86 bits per heavy atom. The van der Waals surface area contributed by atoms with E-state index in [1.54, 1.807) is 0 Å². The molecule has 0 aromatic heterocycles. The molecule has 108 valence electrons. The van der Waals surface area contributed by atoms with Gasteiger partial charge < -0.3 is 10.2 Å². The molecule has 0 unspecified atom stereocenters. The Morgan fingerprint density at radius 3 is 2.62 bits per heavy atom. The van der Waals surface area contributed by atoms with Gasteiger partial charge in [-0.3, -0.25) is 4.79 Å². The molecule has 0 spiro atoms. The molecule has 1 N–H and O–H groups in total. The van der Waals surface area contributed by atoms with Crippen LogP contribution < -0.4 is 10.2 Å². The van der Waals surface area contributed by atoms with Crippen LogP contribution in [0.1, 0.15) is 18.1 Å². The fourth-order valence-corrected chi connectivity index (χ4v) is 2.63. The average Bonchev–Trinajstić information content (AvgIpc) is 2.62. The normalized spacial score (nSPS) is 17.9. The summed E-state index contributed by atoms with van der Waals surface area (Å²) in [5, 5.41) is 3.37. The molecule has 0 saturated heterocycles. The Bertz CT molecular complexity index is 649. The molecule has 3 heteroatoms. The highest BCUT2D eigenvalue weighted by Crippen LogP contribution is 2.31. The van der Waals surface area contributed by atoms with E-state index in [9.17, 15) is 4.79 Å². The van der Waals surface area contributed by atoms with Gasteiger partial charge in [0.15, 0.2) is 0 Å². The molecule has 1 amide bonds. The number of nitrogens with one attached hydrogen (secondary N) is 1. The summed E-state index contributed by atoms with van der Waals surface area (Å²) in [5.41, 5.74) is 4.38. The van der Waals surface area contributed by atoms with E-state index in [0.717, 1.165) is 16.9 Å². The van der Waals surface area contributed by atoms with E-state index < -0.39 is 0 Å². The maximum Gasteiger partial charge on any atom is 0.231 e. The van der Waals surface area contributed by atoms with Crippen LogP contribution in [0.25, 0.3) is 0 Å². The Labute approximate surface area is 125 Å². The number of para-hydroxylation sites is 2. The lowest BCUT2D eigenvalue weighted by atomic mass is 10.1. The van der Waals surface area contributed by atoms with E-state index >= 15 is 0 Å². The molecule has 1 aliphatic rings. The number of rotatable bonds is 2. The third-order valence-electron chi connectivity index (χ3n) is 3.94. The van der Waals surface area contributed by atoms with Crippen molar-refractivity contribution in [1.29, 1.82) is 0 Å². The predicted octanol–water partition coefficient (Wildman–Crippen LogP) is 3.59. The number of carbonyl (C=O) groups is 1. The van der Waals surface area contributed by atoms with E-state index in [1.165, 1.54) is 5.56 Å². The summed E-state index contributed by atoms with van der Waals surface area (Å²) in [6.45, 7) is 5.34. The number of benzene rings is 2. The van der Waals surface area contributed by atoms with E-state index in [2.05, 4.69) is 36.5 Å². The highest BCUT2D eigenvalue weighted by atomic mass is 16.2. The van der Waals surface area contributed by atoms with Crippen LogP contribution in [0, 0.1) is 12.8 Å². The number of amides is 1. The molecular weight excluding hydrogens is 260 g/mol. The lowest BCUT2D eigenvalue weighted by Gasteiger charge is -2.24. The molecule has 2 aromatic carbocycles. The van der Waals surface area contributed by atoms with Crippen molar-refractivity contribution in [3.05, 3.63) is 59.7 Å². The largest absolute Gasteiger partial charge is 0.383 e. The van der Waals surface area contributed by atoms with Crippen LogP contribution in [0.4, 0.5) is 11.4 Å². The average molecular weight is 280 g/mol. The van der Waals surface area contributed by atoms with Crippen molar-refractivity contribution in [2.75, 3.05) is 16.8 Å². The van der Waals surface area contributed by atoms with E-state index in [-0.39, 0.29) is 11.8 Å². The van der Waals surface area contributed by atoms with E-state index in [1.807, 2.05) is 36.1 Å². The molecule has 1 aliphatic heterocycles. The molecule has 0 fully saturated rings. The number of carbonyl (C=O) groups excluding carboxylic acids is 1. The van der Waals surface area contributed by atoms with Gasteiger partial charge in [0.25, 0.3) is 0 Å². The molecule has 1 atom stereocenters. The first kappa shape index (κ1) is 13.7. The second-order valence-electron chi connectivity index (χ2n) is 5.71. The monoisotopic (exact) mass is 280 g/mol. The minimum Gasteiger partial charge on any atom is -0.383 e. The summed E-state index contributed by atoms with van der Waals surface area (Å²) in [6.07, 6.45) is 0. The zero-order chi connectivity index (χ0) is 14.8. The topological polar surface area (TPSA) is 32.3 Å². The van der Waals surface area contributed by atoms with Gasteiger partial charge in [0.1, 0.15) is 0 Å². The zero-order valence-electron chi connectivity index (χ0n) is 12.5. The van der Waals surface area contributed by atoms with Crippen LogP contribution in [-0.4, -0.2) is 12.5 Å². The number of anilines is 2. The predicted molar refractivity (Wildman–Crippen MR) is 86.5 cm³/mol. The molecular formula is C18H20N2O. The van der Waals surface area contributed by atoms with Crippen molar-refractivity contribution >= 4 is 17.3 Å². The van der Waals surface area contributed by atoms with Gasteiger partial charge in [-0.1, -0.05) is 48.9 Å². The van der Waals surface area contributed by atoms with Crippen LogP contribution in [0.2, 0.25) is 0 Å². The van der Waals surface area contributed by atoms with Crippen molar-refractivity contribution in [3.63, 3.8) is 0 Å². The number of hydrogen-bond donors (Lipinski definition) is 1. The minimum atomic E-state index is -0.0251. The maximum atomic E-state index is 12.7. The smallest absolute Gasteiger partial charge is 0.231 e. The quantitative estimate of drug-likeness (QED) is 0.911. The first-order valence-corrected chi connectivity index (χ1v) is 7.35. The summed E-state index contributed by atoms with van der Waals surface area (Å²) in [7, 11) is 0. The minimum absolute atomic E-state index is 0.0251. The van der Waals surface area contributed by atoms with Crippen LogP contribution in [-0.2, 0) is 11.3 Å². The lowest BCUT2D eigenvalue weighted by molar-refractivity contribution is -0.121. The molecule has 0 bridgehead atoms. The Morgan fingerprint density at radius 1 is 1.14 bits per heavy atom. The first-order chi connectivity index (χ1) is 10.1. The zero-order valence-corrected chi connectivity index (χ0v) is 12.5. The van der Waals surface area contributed by atoms with Crippen LogP contribution in [0.15, 0.2) is 48.5 Å². The van der Waals surface area contributed by atoms with Crippen molar-refractivity contribution in [2.45, 2.75) is 20.4 Å². The number of fused-ring (bicyclic) bond motifs is 1. The number of nitrogens with zero attached hydrogens (tertiary/aromatic N) is 1. The van der Waals surface area contributed by atoms with Gasteiger partial charge in [0.05, 0.1) is 23.8 Å². The first-order valence-electron chi connectivity index (χ1n) is 7.35. The summed E-state index contributed by atoms with van der Waals surface area (Å²) < 4.78 is 0. The SMILES string of the molecule is Cc1ccc(CN2C(=O)[C@@H](C)CNc3ccccc32)cc1. The fraction of sp³-hybridized carbons (Fsp3) is 0.278. The van der Waals surface area contributed by atoms with Crippen molar-refractivity contribution in [2.24, 2.45) is 5.92 Å². The lowest BCUT2D eigenvalue weighted by Crippen LogP contribution is -2.34. The fourth-order valence-electron chi connectivity index (χ4n) is 2.63. The summed E-state index contributed by atoms with van der Waals surface area (Å²) >= 11 is 0. The van der Waals surface area contributed by atoms with Crippen molar-refractivity contribution in [3.8, 4) is 0 Å². The second-order valence-corrected chi connectivity index (χ2v) is 5.71. The third-order valence-corrected chi connectivity index (χ3v) is 3.94. The van der Waals surface area contributed by atoms with Gasteiger partial charge in [0, 0.05) is 6.54 Å². The van der Waals surface area contributed by atoms with Gasteiger partial charge in [-0.25, -0.2) is 0 Å². The van der Waals surface area contributed by atoms with Gasteiger partial charge >= 0.3 is 0 Å². The molecule has 2 aromatic rings. The highest BCUT2D eigenvalue weighted by Gasteiger charge is 2.27. The molecule has 21 heavy (non-hydrogen) atoms. The third kappa shape index (κ3) is 2.77. The van der Waals surface area contributed by atoms with Crippen LogP contribution in [0.5, 0.6) is 0 Å². The molecule has 0 saturated carbocycles. The van der Waals surface area contributed by atoms with Crippen molar-refractivity contribution < 1.29 is 4.79 Å². The summed E-state index contributed by atoms with van der Waals surface area (Å²) in [5.74, 6) is 0.149. The van der Waals surface area contributed by atoms with E-state index in [4.69, 9.17) is 0 Å². The summed E-state index contributed by atoms with van der Waals surface area (Å²) in [4.78, 5) is 14.6. The van der Waals surface area contributed by atoms with Crippen LogP contribution >= 0.6 is 0 Å². The Balaban J connectivity index is 1.97. The van der Waals surface area contributed by atoms with Gasteiger partial charge in [-0.05, 0) is 24.6 Å². The number of hydrogen-bond acceptors (Lipinski definition) is 2. The van der Waals surface area contributed by atoms with Crippen LogP contribution in [0.3, 0.4) is 0 Å². The Hall–Kier alpha value is -2.29. The number of aryl methyl sites for hydroxylation is 1. The Kier molecular flexibility index (Phi) is 3.65. The second kappa shape index (κ2) is 5.60. The molecule has 1 heterocycles. The van der Waals surface area contributed by atoms with Gasteiger partial charge in [-0.2, -0.15) is 0 Å². The molecule has 3 nitrogen and oxygen atoms in total.